The van der Waals surface area contributed by atoms with Crippen LogP contribution in [0.25, 0.3) is 0 Å². The first-order valence-electron chi connectivity index (χ1n) is 6.18. The van der Waals surface area contributed by atoms with Gasteiger partial charge in [0.25, 0.3) is 0 Å². The topological polar surface area (TPSA) is 44.5 Å². The van der Waals surface area contributed by atoms with Crippen molar-refractivity contribution in [1.82, 2.24) is 0 Å². The summed E-state index contributed by atoms with van der Waals surface area (Å²) in [5.74, 6) is 1.55. The SMILES string of the molecule is NCc1ccc(OCCOc2ccc(Cl)cc2Br)cc1. The molecule has 0 saturated carbocycles. The Balaban J connectivity index is 1.78. The van der Waals surface area contributed by atoms with Gasteiger partial charge in [0.15, 0.2) is 0 Å². The van der Waals surface area contributed by atoms with E-state index in [1.807, 2.05) is 30.3 Å². The Morgan fingerprint density at radius 1 is 1.00 bits per heavy atom. The Morgan fingerprint density at radius 3 is 2.35 bits per heavy atom. The minimum absolute atomic E-state index is 0.457. The van der Waals surface area contributed by atoms with Gasteiger partial charge < -0.3 is 15.2 Å². The predicted molar refractivity (Wildman–Crippen MR) is 84.5 cm³/mol. The smallest absolute Gasteiger partial charge is 0.133 e. The summed E-state index contributed by atoms with van der Waals surface area (Å²) in [7, 11) is 0. The molecule has 0 heterocycles. The molecule has 0 radical (unpaired) electrons. The van der Waals surface area contributed by atoms with Gasteiger partial charge in [-0.1, -0.05) is 23.7 Å². The standard InChI is InChI=1S/C15H15BrClNO2/c16-14-9-12(17)3-6-15(14)20-8-7-19-13-4-1-11(10-18)2-5-13/h1-6,9H,7-8,10,18H2. The van der Waals surface area contributed by atoms with E-state index in [9.17, 15) is 0 Å². The average Bonchev–Trinajstić information content (AvgIpc) is 2.46. The third kappa shape index (κ3) is 4.40. The van der Waals surface area contributed by atoms with Gasteiger partial charge in [0, 0.05) is 11.6 Å². The second-order valence-corrected chi connectivity index (χ2v) is 5.41. The molecule has 0 bridgehead atoms. The summed E-state index contributed by atoms with van der Waals surface area (Å²) in [4.78, 5) is 0. The highest BCUT2D eigenvalue weighted by Gasteiger charge is 2.02. The number of hydrogen-bond acceptors (Lipinski definition) is 3. The number of benzene rings is 2. The van der Waals surface area contributed by atoms with Crippen molar-refractivity contribution < 1.29 is 9.47 Å². The zero-order valence-electron chi connectivity index (χ0n) is 10.8. The Kier molecular flexibility index (Phi) is 5.71. The van der Waals surface area contributed by atoms with E-state index < -0.39 is 0 Å². The van der Waals surface area contributed by atoms with Crippen LogP contribution in [0.2, 0.25) is 5.02 Å². The molecular weight excluding hydrogens is 342 g/mol. The molecule has 0 aliphatic rings. The number of ether oxygens (including phenoxy) is 2. The number of rotatable bonds is 6. The molecule has 2 aromatic carbocycles. The highest BCUT2D eigenvalue weighted by Crippen LogP contribution is 2.27. The predicted octanol–water partition coefficient (Wildman–Crippen LogP) is 4.02. The molecule has 0 fully saturated rings. The Labute approximate surface area is 131 Å². The van der Waals surface area contributed by atoms with Gasteiger partial charge in [-0.15, -0.1) is 0 Å². The first kappa shape index (κ1) is 15.2. The van der Waals surface area contributed by atoms with Gasteiger partial charge in [0.05, 0.1) is 4.47 Å². The van der Waals surface area contributed by atoms with E-state index in [0.29, 0.717) is 24.8 Å². The Hall–Kier alpha value is -1.23. The Bertz CT molecular complexity index is 560. The van der Waals surface area contributed by atoms with Gasteiger partial charge >= 0.3 is 0 Å². The molecule has 0 saturated heterocycles. The van der Waals surface area contributed by atoms with Crippen LogP contribution in [-0.2, 0) is 6.54 Å². The van der Waals surface area contributed by atoms with Crippen LogP contribution in [-0.4, -0.2) is 13.2 Å². The highest BCUT2D eigenvalue weighted by atomic mass is 79.9. The van der Waals surface area contributed by atoms with Crippen molar-refractivity contribution in [3.8, 4) is 11.5 Å². The summed E-state index contributed by atoms with van der Waals surface area (Å²) in [6.45, 7) is 1.46. The van der Waals surface area contributed by atoms with Crippen LogP contribution >= 0.6 is 27.5 Å². The average molecular weight is 357 g/mol. The van der Waals surface area contributed by atoms with Crippen molar-refractivity contribution in [2.45, 2.75) is 6.54 Å². The lowest BCUT2D eigenvalue weighted by Gasteiger charge is -2.10. The maximum Gasteiger partial charge on any atom is 0.133 e. The Morgan fingerprint density at radius 2 is 1.70 bits per heavy atom. The summed E-state index contributed by atoms with van der Waals surface area (Å²) in [6.07, 6.45) is 0. The van der Waals surface area contributed by atoms with Crippen LogP contribution in [0.3, 0.4) is 0 Å². The molecule has 0 amide bonds. The highest BCUT2D eigenvalue weighted by molar-refractivity contribution is 9.10. The van der Waals surface area contributed by atoms with Gasteiger partial charge in [0.1, 0.15) is 24.7 Å². The second kappa shape index (κ2) is 7.53. The first-order valence-corrected chi connectivity index (χ1v) is 7.36. The number of halogens is 2. The maximum absolute atomic E-state index is 5.86. The van der Waals surface area contributed by atoms with Gasteiger partial charge in [-0.25, -0.2) is 0 Å². The van der Waals surface area contributed by atoms with Crippen LogP contribution in [0.15, 0.2) is 46.9 Å². The lowest BCUT2D eigenvalue weighted by atomic mass is 10.2. The number of hydrogen-bond donors (Lipinski definition) is 1. The van der Waals surface area contributed by atoms with Crippen LogP contribution in [0.5, 0.6) is 11.5 Å². The minimum Gasteiger partial charge on any atom is -0.490 e. The fourth-order valence-electron chi connectivity index (χ4n) is 1.63. The lowest BCUT2D eigenvalue weighted by Crippen LogP contribution is -2.09. The maximum atomic E-state index is 5.86. The van der Waals surface area contributed by atoms with Gasteiger partial charge in [-0.2, -0.15) is 0 Å². The van der Waals surface area contributed by atoms with Crippen LogP contribution in [0, 0.1) is 0 Å². The third-order valence-electron chi connectivity index (χ3n) is 2.66. The molecule has 0 unspecified atom stereocenters. The molecule has 0 aliphatic carbocycles. The summed E-state index contributed by atoms with van der Waals surface area (Å²) in [5.41, 5.74) is 6.62. The van der Waals surface area contributed by atoms with E-state index in [-0.39, 0.29) is 0 Å². The van der Waals surface area contributed by atoms with E-state index in [1.165, 1.54) is 0 Å². The molecule has 2 N–H and O–H groups in total. The third-order valence-corrected chi connectivity index (χ3v) is 3.52. The van der Waals surface area contributed by atoms with Crippen molar-refractivity contribution in [2.75, 3.05) is 13.2 Å². The van der Waals surface area contributed by atoms with E-state index >= 15 is 0 Å². The fourth-order valence-corrected chi connectivity index (χ4v) is 2.42. The molecule has 0 atom stereocenters. The van der Waals surface area contributed by atoms with Gasteiger partial charge in [0.2, 0.25) is 0 Å². The van der Waals surface area contributed by atoms with Crippen molar-refractivity contribution in [2.24, 2.45) is 5.73 Å². The molecule has 20 heavy (non-hydrogen) atoms. The van der Waals surface area contributed by atoms with Crippen molar-refractivity contribution >= 4 is 27.5 Å². The van der Waals surface area contributed by atoms with E-state index in [1.54, 1.807) is 12.1 Å². The van der Waals surface area contributed by atoms with Crippen LogP contribution in [0.1, 0.15) is 5.56 Å². The molecule has 5 heteroatoms. The van der Waals surface area contributed by atoms with Gasteiger partial charge in [-0.05, 0) is 51.8 Å². The van der Waals surface area contributed by atoms with Crippen molar-refractivity contribution in [3.63, 3.8) is 0 Å². The van der Waals surface area contributed by atoms with E-state index in [4.69, 9.17) is 26.8 Å². The zero-order valence-corrected chi connectivity index (χ0v) is 13.2. The van der Waals surface area contributed by atoms with Crippen molar-refractivity contribution in [1.29, 1.82) is 0 Å². The molecule has 2 aromatic rings. The lowest BCUT2D eigenvalue weighted by molar-refractivity contribution is 0.216. The summed E-state index contributed by atoms with van der Waals surface area (Å²) >= 11 is 9.26. The van der Waals surface area contributed by atoms with E-state index in [0.717, 1.165) is 21.5 Å². The molecule has 106 valence electrons. The fraction of sp³-hybridized carbons (Fsp3) is 0.200. The molecule has 3 nitrogen and oxygen atoms in total. The molecular formula is C15H15BrClNO2. The normalized spacial score (nSPS) is 10.3. The molecule has 2 rings (SSSR count). The van der Waals surface area contributed by atoms with Crippen LogP contribution < -0.4 is 15.2 Å². The first-order chi connectivity index (χ1) is 9.69. The quantitative estimate of drug-likeness (QED) is 0.795. The monoisotopic (exact) mass is 355 g/mol. The minimum atomic E-state index is 0.457. The van der Waals surface area contributed by atoms with Gasteiger partial charge in [-0.3, -0.25) is 0 Å². The summed E-state index contributed by atoms with van der Waals surface area (Å²) < 4.78 is 12.0. The molecule has 0 spiro atoms. The molecule has 0 aromatic heterocycles. The summed E-state index contributed by atoms with van der Waals surface area (Å²) in [6, 6.07) is 13.1. The van der Waals surface area contributed by atoms with Crippen LogP contribution in [0.4, 0.5) is 0 Å². The van der Waals surface area contributed by atoms with Crippen molar-refractivity contribution in [3.05, 3.63) is 57.5 Å². The molecule has 0 aliphatic heterocycles. The zero-order chi connectivity index (χ0) is 14.4. The largest absolute Gasteiger partial charge is 0.490 e. The second-order valence-electron chi connectivity index (χ2n) is 4.12. The van der Waals surface area contributed by atoms with E-state index in [2.05, 4.69) is 15.9 Å². The summed E-state index contributed by atoms with van der Waals surface area (Å²) in [5, 5.41) is 0.667. The number of nitrogens with two attached hydrogens (primary N) is 1.